The van der Waals surface area contributed by atoms with E-state index in [9.17, 15) is 4.79 Å². The van der Waals surface area contributed by atoms with Gasteiger partial charge in [-0.25, -0.2) is 9.95 Å². The van der Waals surface area contributed by atoms with E-state index in [1.807, 2.05) is 6.92 Å². The molecule has 2 rings (SSSR count). The highest BCUT2D eigenvalue weighted by Gasteiger charge is 2.21. The van der Waals surface area contributed by atoms with Crippen molar-refractivity contribution >= 4 is 0 Å². The lowest BCUT2D eigenvalue weighted by atomic mass is 9.98. The molecule has 1 aliphatic heterocycles. The van der Waals surface area contributed by atoms with Crippen molar-refractivity contribution in [3.8, 4) is 0 Å². The van der Waals surface area contributed by atoms with Crippen molar-refractivity contribution in [2.75, 3.05) is 6.54 Å². The van der Waals surface area contributed by atoms with Crippen LogP contribution in [0.15, 0.2) is 9.32 Å². The zero-order valence-corrected chi connectivity index (χ0v) is 7.72. The van der Waals surface area contributed by atoms with Gasteiger partial charge in [-0.15, -0.1) is 0 Å². The molecule has 0 amide bonds. The molecule has 4 nitrogen and oxygen atoms in total. The van der Waals surface area contributed by atoms with Gasteiger partial charge in [-0.2, -0.15) is 0 Å². The number of H-pyrrole nitrogens is 1. The second-order valence-corrected chi connectivity index (χ2v) is 3.53. The highest BCUT2D eigenvalue weighted by Crippen LogP contribution is 2.21. The fourth-order valence-corrected chi connectivity index (χ4v) is 1.89. The molecule has 1 aromatic rings. The number of hydrogen-bond donors (Lipinski definition) is 2. The first kappa shape index (κ1) is 8.56. The third-order valence-electron chi connectivity index (χ3n) is 2.58. The Kier molecular flexibility index (Phi) is 2.22. The molecule has 2 heterocycles. The molecule has 1 unspecified atom stereocenters. The number of nitrogens with one attached hydrogen (secondary N) is 2. The highest BCUT2D eigenvalue weighted by molar-refractivity contribution is 5.18. The molecule has 0 radical (unpaired) electrons. The maximum Gasteiger partial charge on any atom is 0.362 e. The van der Waals surface area contributed by atoms with Gasteiger partial charge in [0.2, 0.25) is 0 Å². The van der Waals surface area contributed by atoms with E-state index in [-0.39, 0.29) is 11.7 Å². The molecule has 1 saturated heterocycles. The van der Waals surface area contributed by atoms with E-state index in [1.54, 1.807) is 0 Å². The first-order chi connectivity index (χ1) is 6.29. The lowest BCUT2D eigenvalue weighted by Gasteiger charge is -2.21. The molecule has 13 heavy (non-hydrogen) atoms. The summed E-state index contributed by atoms with van der Waals surface area (Å²) in [4.78, 5) is 11.3. The maximum atomic E-state index is 11.3. The largest absolute Gasteiger partial charge is 0.362 e. The number of hydrogen-bond acceptors (Lipinski definition) is 3. The van der Waals surface area contributed by atoms with E-state index in [0.717, 1.165) is 24.2 Å². The van der Waals surface area contributed by atoms with E-state index in [4.69, 9.17) is 4.52 Å². The lowest BCUT2D eigenvalue weighted by Crippen LogP contribution is -2.29. The van der Waals surface area contributed by atoms with Crippen LogP contribution in [0, 0.1) is 6.92 Å². The lowest BCUT2D eigenvalue weighted by molar-refractivity contribution is 0.375. The maximum absolute atomic E-state index is 11.3. The van der Waals surface area contributed by atoms with Gasteiger partial charge in [0.1, 0.15) is 0 Å². The molecule has 72 valence electrons. The number of aromatic amines is 1. The average Bonchev–Trinajstić information content (AvgIpc) is 2.48. The molecule has 1 aliphatic rings. The molecule has 1 atom stereocenters. The Labute approximate surface area is 76.3 Å². The number of piperidine rings is 1. The Morgan fingerprint density at radius 2 is 2.31 bits per heavy atom. The van der Waals surface area contributed by atoms with E-state index >= 15 is 0 Å². The van der Waals surface area contributed by atoms with Crippen LogP contribution in [0.1, 0.15) is 36.6 Å². The summed E-state index contributed by atoms with van der Waals surface area (Å²) in [5, 5.41) is 5.93. The molecule has 1 fully saturated rings. The van der Waals surface area contributed by atoms with Crippen LogP contribution in [0.2, 0.25) is 0 Å². The van der Waals surface area contributed by atoms with E-state index in [0.29, 0.717) is 0 Å². The third-order valence-corrected chi connectivity index (χ3v) is 2.58. The molecule has 0 aromatic carbocycles. The first-order valence-electron chi connectivity index (χ1n) is 4.70. The Morgan fingerprint density at radius 1 is 1.46 bits per heavy atom. The van der Waals surface area contributed by atoms with Crippen LogP contribution < -0.4 is 10.9 Å². The summed E-state index contributed by atoms with van der Waals surface area (Å²) >= 11 is 0. The molecule has 2 N–H and O–H groups in total. The van der Waals surface area contributed by atoms with Crippen LogP contribution in [0.25, 0.3) is 0 Å². The average molecular weight is 182 g/mol. The van der Waals surface area contributed by atoms with Crippen LogP contribution in [0.5, 0.6) is 0 Å². The Balaban J connectivity index is 2.27. The van der Waals surface area contributed by atoms with Crippen molar-refractivity contribution < 1.29 is 4.52 Å². The van der Waals surface area contributed by atoms with Gasteiger partial charge in [0, 0.05) is 6.04 Å². The van der Waals surface area contributed by atoms with Gasteiger partial charge < -0.3 is 9.84 Å². The molecule has 1 aromatic heterocycles. The summed E-state index contributed by atoms with van der Waals surface area (Å²) in [6, 6.07) is 0.191. The Bertz CT molecular complexity index is 334. The van der Waals surface area contributed by atoms with Crippen LogP contribution in [0.3, 0.4) is 0 Å². The monoisotopic (exact) mass is 182 g/mol. The predicted molar refractivity (Wildman–Crippen MR) is 48.7 cm³/mol. The minimum Gasteiger partial charge on any atom is -0.338 e. The minimum atomic E-state index is -0.225. The van der Waals surface area contributed by atoms with Gasteiger partial charge >= 0.3 is 5.63 Å². The summed E-state index contributed by atoms with van der Waals surface area (Å²) in [7, 11) is 0. The molecule has 0 spiro atoms. The smallest absolute Gasteiger partial charge is 0.338 e. The molecule has 0 bridgehead atoms. The second-order valence-electron chi connectivity index (χ2n) is 3.53. The summed E-state index contributed by atoms with van der Waals surface area (Å²) in [6.45, 7) is 2.87. The zero-order valence-electron chi connectivity index (χ0n) is 7.72. The molecule has 4 heteroatoms. The minimum absolute atomic E-state index is 0.191. The fourth-order valence-electron chi connectivity index (χ4n) is 1.89. The summed E-state index contributed by atoms with van der Waals surface area (Å²) in [5.74, 6) is 0. The molecule has 0 aliphatic carbocycles. The van der Waals surface area contributed by atoms with Crippen LogP contribution in [-0.4, -0.2) is 11.7 Å². The van der Waals surface area contributed by atoms with E-state index in [2.05, 4.69) is 10.5 Å². The van der Waals surface area contributed by atoms with Crippen molar-refractivity contribution in [1.82, 2.24) is 10.5 Å². The number of aromatic nitrogens is 1. The van der Waals surface area contributed by atoms with Gasteiger partial charge in [0.25, 0.3) is 0 Å². The second kappa shape index (κ2) is 3.38. The topological polar surface area (TPSA) is 58.0 Å². The van der Waals surface area contributed by atoms with Gasteiger partial charge in [-0.05, 0) is 26.3 Å². The number of aryl methyl sites for hydroxylation is 1. The van der Waals surface area contributed by atoms with Crippen molar-refractivity contribution in [1.29, 1.82) is 0 Å². The van der Waals surface area contributed by atoms with Crippen molar-refractivity contribution in [3.63, 3.8) is 0 Å². The van der Waals surface area contributed by atoms with Gasteiger partial charge in [0.15, 0.2) is 0 Å². The summed E-state index contributed by atoms with van der Waals surface area (Å²) < 4.78 is 4.73. The van der Waals surface area contributed by atoms with Crippen molar-refractivity contribution in [3.05, 3.63) is 21.7 Å². The third kappa shape index (κ3) is 1.54. The van der Waals surface area contributed by atoms with Gasteiger partial charge in [-0.1, -0.05) is 6.42 Å². The standard InChI is InChI=1S/C9H14N2O2/c1-6-8(9(12)13-11-6)7-4-2-3-5-10-7/h7,10-11H,2-5H2,1H3. The summed E-state index contributed by atoms with van der Waals surface area (Å²) in [6.07, 6.45) is 3.41. The zero-order chi connectivity index (χ0) is 9.26. The fraction of sp³-hybridized carbons (Fsp3) is 0.667. The van der Waals surface area contributed by atoms with Gasteiger partial charge in [0.05, 0.1) is 11.3 Å². The highest BCUT2D eigenvalue weighted by atomic mass is 16.5. The number of rotatable bonds is 1. The first-order valence-corrected chi connectivity index (χ1v) is 4.70. The van der Waals surface area contributed by atoms with Crippen LogP contribution in [-0.2, 0) is 0 Å². The normalized spacial score (nSPS) is 23.3. The molecular weight excluding hydrogens is 168 g/mol. The SMILES string of the molecule is Cc1[nH]oc(=O)c1C1CCCCN1. The Hall–Kier alpha value is -1.03. The van der Waals surface area contributed by atoms with E-state index in [1.165, 1.54) is 12.8 Å². The summed E-state index contributed by atoms with van der Waals surface area (Å²) in [5.41, 5.74) is 1.40. The predicted octanol–water partition coefficient (Wildman–Crippen LogP) is 1.09. The van der Waals surface area contributed by atoms with E-state index < -0.39 is 0 Å². The van der Waals surface area contributed by atoms with Crippen molar-refractivity contribution in [2.45, 2.75) is 32.2 Å². The van der Waals surface area contributed by atoms with Gasteiger partial charge in [-0.3, -0.25) is 0 Å². The Morgan fingerprint density at radius 3 is 2.85 bits per heavy atom. The van der Waals surface area contributed by atoms with Crippen LogP contribution >= 0.6 is 0 Å². The van der Waals surface area contributed by atoms with Crippen molar-refractivity contribution in [2.24, 2.45) is 0 Å². The quantitative estimate of drug-likeness (QED) is 0.683. The van der Waals surface area contributed by atoms with Crippen LogP contribution in [0.4, 0.5) is 0 Å². The molecular formula is C9H14N2O2. The molecule has 0 saturated carbocycles.